The van der Waals surface area contributed by atoms with Gasteiger partial charge in [-0.1, -0.05) is 29.9 Å². The minimum Gasteiger partial charge on any atom is -0.466 e. The van der Waals surface area contributed by atoms with E-state index in [-0.39, 0.29) is 30.9 Å². The number of oxime groups is 1. The summed E-state index contributed by atoms with van der Waals surface area (Å²) < 4.78 is 43.0. The lowest BCUT2D eigenvalue weighted by Crippen LogP contribution is -2.14. The van der Waals surface area contributed by atoms with Crippen molar-refractivity contribution in [2.24, 2.45) is 5.16 Å². The molecule has 0 bridgehead atoms. The van der Waals surface area contributed by atoms with E-state index in [0.29, 0.717) is 0 Å². The Morgan fingerprint density at radius 3 is 2.73 bits per heavy atom. The van der Waals surface area contributed by atoms with Crippen molar-refractivity contribution >= 4 is 11.7 Å². The number of benzene rings is 1. The molecule has 0 unspecified atom stereocenters. The molecule has 0 aliphatic heterocycles. The number of halogens is 3. The molecule has 0 fully saturated rings. The van der Waals surface area contributed by atoms with E-state index in [1.54, 1.807) is 6.92 Å². The van der Waals surface area contributed by atoms with Crippen LogP contribution in [0.1, 0.15) is 24.5 Å². The zero-order chi connectivity index (χ0) is 16.6. The molecular weight excluding hydrogens is 299 g/mol. The quantitative estimate of drug-likeness (QED) is 0.254. The smallest absolute Gasteiger partial charge is 0.416 e. The van der Waals surface area contributed by atoms with Crippen LogP contribution in [0.4, 0.5) is 13.2 Å². The van der Waals surface area contributed by atoms with Gasteiger partial charge in [-0.25, -0.2) is 0 Å². The minimum absolute atomic E-state index is 0.0615. The fourth-order valence-electron chi connectivity index (χ4n) is 1.58. The number of esters is 1. The molecule has 4 nitrogen and oxygen atoms in total. The van der Waals surface area contributed by atoms with Crippen LogP contribution >= 0.6 is 0 Å². The number of alkyl halides is 3. The molecule has 0 saturated carbocycles. The van der Waals surface area contributed by atoms with Gasteiger partial charge in [-0.3, -0.25) is 4.79 Å². The van der Waals surface area contributed by atoms with E-state index in [2.05, 4.69) is 11.7 Å². The maximum Gasteiger partial charge on any atom is 0.416 e. The van der Waals surface area contributed by atoms with Crippen LogP contribution in [-0.2, 0) is 20.5 Å². The average molecular weight is 315 g/mol. The highest BCUT2D eigenvalue weighted by molar-refractivity contribution is 6.09. The highest BCUT2D eigenvalue weighted by Crippen LogP contribution is 2.29. The van der Waals surface area contributed by atoms with Gasteiger partial charge in [0.2, 0.25) is 0 Å². The molecule has 1 rings (SSSR count). The van der Waals surface area contributed by atoms with E-state index in [9.17, 15) is 18.0 Å². The lowest BCUT2D eigenvalue weighted by molar-refractivity contribution is -0.141. The molecule has 0 aliphatic rings. The summed E-state index contributed by atoms with van der Waals surface area (Å²) in [4.78, 5) is 16.4. The maximum atomic E-state index is 12.7. The van der Waals surface area contributed by atoms with Crippen molar-refractivity contribution in [3.8, 4) is 0 Å². The van der Waals surface area contributed by atoms with Crippen LogP contribution in [-0.4, -0.2) is 24.9 Å². The van der Waals surface area contributed by atoms with Crippen molar-refractivity contribution in [1.82, 2.24) is 0 Å². The molecule has 0 amide bonds. The zero-order valence-corrected chi connectivity index (χ0v) is 12.0. The topological polar surface area (TPSA) is 47.9 Å². The predicted octanol–water partition coefficient (Wildman–Crippen LogP) is 3.57. The Bertz CT molecular complexity index is 553. The van der Waals surface area contributed by atoms with Crippen molar-refractivity contribution in [2.45, 2.75) is 19.5 Å². The predicted molar refractivity (Wildman–Crippen MR) is 75.4 cm³/mol. The molecule has 0 heterocycles. The van der Waals surface area contributed by atoms with Gasteiger partial charge in [0.25, 0.3) is 0 Å². The van der Waals surface area contributed by atoms with Gasteiger partial charge < -0.3 is 9.57 Å². The lowest BCUT2D eigenvalue weighted by Gasteiger charge is -2.10. The van der Waals surface area contributed by atoms with Crippen LogP contribution in [0.2, 0.25) is 0 Å². The lowest BCUT2D eigenvalue weighted by atomic mass is 10.0. The molecule has 7 heteroatoms. The van der Waals surface area contributed by atoms with Crippen LogP contribution in [0.15, 0.2) is 42.1 Å². The van der Waals surface area contributed by atoms with E-state index in [0.717, 1.165) is 12.1 Å². The number of nitrogens with zero attached hydrogens (tertiary/aromatic N) is 1. The van der Waals surface area contributed by atoms with Crippen molar-refractivity contribution in [2.75, 3.05) is 13.2 Å². The first kappa shape index (κ1) is 17.7. The summed E-state index contributed by atoms with van der Waals surface area (Å²) in [6.45, 7) is 5.31. The fourth-order valence-corrected chi connectivity index (χ4v) is 1.58. The van der Waals surface area contributed by atoms with Gasteiger partial charge in [-0.15, -0.1) is 0 Å². The van der Waals surface area contributed by atoms with E-state index in [1.165, 1.54) is 18.2 Å². The SMILES string of the molecule is C=CCO/N=C(\CC(=O)OCC)c1cccc(C(F)(F)F)c1. The van der Waals surface area contributed by atoms with Crippen LogP contribution in [0.5, 0.6) is 0 Å². The third-order valence-corrected chi connectivity index (χ3v) is 2.51. The number of carbonyl (C=O) groups is 1. The van der Waals surface area contributed by atoms with Gasteiger partial charge in [0, 0.05) is 5.56 Å². The van der Waals surface area contributed by atoms with Crippen molar-refractivity contribution in [3.63, 3.8) is 0 Å². The summed E-state index contributed by atoms with van der Waals surface area (Å²) in [7, 11) is 0. The third kappa shape index (κ3) is 5.59. The normalized spacial score (nSPS) is 11.9. The zero-order valence-electron chi connectivity index (χ0n) is 12.0. The van der Waals surface area contributed by atoms with Crippen LogP contribution in [0.3, 0.4) is 0 Å². The second-order valence-corrected chi connectivity index (χ2v) is 4.18. The number of hydrogen-bond acceptors (Lipinski definition) is 4. The molecule has 1 aromatic rings. The molecule has 0 aliphatic carbocycles. The van der Waals surface area contributed by atoms with E-state index in [1.807, 2.05) is 0 Å². The van der Waals surface area contributed by atoms with E-state index in [4.69, 9.17) is 9.57 Å². The summed E-state index contributed by atoms with van der Waals surface area (Å²) in [6, 6.07) is 4.52. The molecule has 0 atom stereocenters. The average Bonchev–Trinajstić information content (AvgIpc) is 2.46. The van der Waals surface area contributed by atoms with Gasteiger partial charge >= 0.3 is 12.1 Å². The summed E-state index contributed by atoms with van der Waals surface area (Å²) in [5.41, 5.74) is -0.622. The van der Waals surface area contributed by atoms with Gasteiger partial charge in [0.15, 0.2) is 0 Å². The molecule has 22 heavy (non-hydrogen) atoms. The van der Waals surface area contributed by atoms with E-state index >= 15 is 0 Å². The maximum absolute atomic E-state index is 12.7. The van der Waals surface area contributed by atoms with Crippen LogP contribution < -0.4 is 0 Å². The summed E-state index contributed by atoms with van der Waals surface area (Å²) in [5, 5.41) is 3.71. The molecule has 0 saturated heterocycles. The highest BCUT2D eigenvalue weighted by atomic mass is 19.4. The second kappa shape index (κ2) is 8.21. The first-order chi connectivity index (χ1) is 10.4. The Morgan fingerprint density at radius 1 is 1.41 bits per heavy atom. The van der Waals surface area contributed by atoms with Gasteiger partial charge in [-0.05, 0) is 19.1 Å². The Labute approximate surface area is 126 Å². The second-order valence-electron chi connectivity index (χ2n) is 4.18. The molecule has 0 spiro atoms. The Kier molecular flexibility index (Phi) is 6.62. The van der Waals surface area contributed by atoms with Crippen LogP contribution in [0.25, 0.3) is 0 Å². The molecule has 0 N–H and O–H groups in total. The standard InChI is InChI=1S/C15H16F3NO3/c1-3-8-22-19-13(10-14(20)21-4-2)11-6-5-7-12(9-11)15(16,17)18/h3,5-7,9H,1,4,8,10H2,2H3/b19-13+. The minimum atomic E-state index is -4.48. The van der Waals surface area contributed by atoms with E-state index < -0.39 is 17.7 Å². The number of rotatable bonds is 7. The summed E-state index contributed by atoms with van der Waals surface area (Å²) >= 11 is 0. The number of carbonyl (C=O) groups excluding carboxylic acids is 1. The summed E-state index contributed by atoms with van der Waals surface area (Å²) in [5.74, 6) is -0.596. The summed E-state index contributed by atoms with van der Waals surface area (Å²) in [6.07, 6.45) is -3.34. The van der Waals surface area contributed by atoms with Gasteiger partial charge in [0.1, 0.15) is 6.61 Å². The van der Waals surface area contributed by atoms with Crippen LogP contribution in [0, 0.1) is 0 Å². The third-order valence-electron chi connectivity index (χ3n) is 2.51. The van der Waals surface area contributed by atoms with Crippen molar-refractivity contribution in [1.29, 1.82) is 0 Å². The molecule has 120 valence electrons. The number of ether oxygens (including phenoxy) is 1. The molecule has 0 aromatic heterocycles. The monoisotopic (exact) mass is 315 g/mol. The Hall–Kier alpha value is -2.31. The fraction of sp³-hybridized carbons (Fsp3) is 0.333. The molecular formula is C15H16F3NO3. The Balaban J connectivity index is 3.07. The molecule has 0 radical (unpaired) electrons. The first-order valence-corrected chi connectivity index (χ1v) is 6.51. The van der Waals surface area contributed by atoms with Gasteiger partial charge in [0.05, 0.1) is 24.3 Å². The highest BCUT2D eigenvalue weighted by Gasteiger charge is 2.30. The Morgan fingerprint density at radius 2 is 2.14 bits per heavy atom. The molecule has 1 aromatic carbocycles. The number of hydrogen-bond donors (Lipinski definition) is 0. The van der Waals surface area contributed by atoms with Crippen molar-refractivity contribution < 1.29 is 27.5 Å². The largest absolute Gasteiger partial charge is 0.466 e. The van der Waals surface area contributed by atoms with Crippen molar-refractivity contribution in [3.05, 3.63) is 48.0 Å². The first-order valence-electron chi connectivity index (χ1n) is 6.51. The van der Waals surface area contributed by atoms with Gasteiger partial charge in [-0.2, -0.15) is 13.2 Å².